The molecular weight excluding hydrogens is 196 g/mol. The van der Waals surface area contributed by atoms with E-state index < -0.39 is 0 Å². The Morgan fingerprint density at radius 3 is 3.21 bits per heavy atom. The van der Waals surface area contributed by atoms with Gasteiger partial charge in [0.05, 0.1) is 12.3 Å². The average molecular weight is 212 g/mol. The summed E-state index contributed by atoms with van der Waals surface area (Å²) in [5.41, 5.74) is 1.07. The second-order valence-electron chi connectivity index (χ2n) is 3.72. The normalized spacial score (nSPS) is 16.1. The number of ether oxygens (including phenoxy) is 1. The Labute approximate surface area is 88.5 Å². The molecule has 1 aromatic rings. The van der Waals surface area contributed by atoms with Gasteiger partial charge in [0.1, 0.15) is 5.01 Å². The first-order valence-electron chi connectivity index (χ1n) is 5.04. The minimum Gasteiger partial charge on any atom is -0.375 e. The van der Waals surface area contributed by atoms with Crippen molar-refractivity contribution in [3.8, 4) is 0 Å². The average Bonchev–Trinajstić information content (AvgIpc) is 2.88. The lowest BCUT2D eigenvalue weighted by Crippen LogP contribution is -2.05. The minimum absolute atomic E-state index is 0.677. The van der Waals surface area contributed by atoms with E-state index in [1.54, 1.807) is 11.3 Å². The first kappa shape index (κ1) is 10.1. The highest BCUT2D eigenvalue weighted by Crippen LogP contribution is 2.29. The van der Waals surface area contributed by atoms with E-state index in [-0.39, 0.29) is 0 Å². The quantitative estimate of drug-likeness (QED) is 0.780. The number of aromatic nitrogens is 1. The number of nitrogens with zero attached hydrogens (tertiary/aromatic N) is 1. The Morgan fingerprint density at radius 1 is 1.64 bits per heavy atom. The van der Waals surface area contributed by atoms with Crippen molar-refractivity contribution in [2.75, 3.05) is 13.7 Å². The van der Waals surface area contributed by atoms with Crippen LogP contribution < -0.4 is 5.32 Å². The summed E-state index contributed by atoms with van der Waals surface area (Å²) in [6.45, 7) is 2.45. The van der Waals surface area contributed by atoms with Crippen LogP contribution in [0.15, 0.2) is 5.38 Å². The number of thiazole rings is 1. The van der Waals surface area contributed by atoms with Crippen molar-refractivity contribution in [3.63, 3.8) is 0 Å². The minimum atomic E-state index is 0.677. The molecule has 1 aliphatic carbocycles. The fourth-order valence-electron chi connectivity index (χ4n) is 1.26. The molecule has 2 rings (SSSR count). The first-order valence-corrected chi connectivity index (χ1v) is 5.92. The van der Waals surface area contributed by atoms with Gasteiger partial charge in [0, 0.05) is 18.5 Å². The van der Waals surface area contributed by atoms with Gasteiger partial charge in [-0.3, -0.25) is 0 Å². The summed E-state index contributed by atoms with van der Waals surface area (Å²) in [6, 6.07) is 0. The lowest BCUT2D eigenvalue weighted by atomic mass is 10.4. The Morgan fingerprint density at radius 2 is 2.50 bits per heavy atom. The van der Waals surface area contributed by atoms with Gasteiger partial charge >= 0.3 is 0 Å². The molecule has 0 aliphatic heterocycles. The van der Waals surface area contributed by atoms with Crippen molar-refractivity contribution in [2.24, 2.45) is 5.92 Å². The summed E-state index contributed by atoms with van der Waals surface area (Å²) in [5.74, 6) is 0.838. The monoisotopic (exact) mass is 212 g/mol. The summed E-state index contributed by atoms with van der Waals surface area (Å²) in [5, 5.41) is 6.31. The molecule has 0 aromatic carbocycles. The number of hydrogen-bond donors (Lipinski definition) is 1. The van der Waals surface area contributed by atoms with Crippen molar-refractivity contribution in [1.29, 1.82) is 0 Å². The van der Waals surface area contributed by atoms with E-state index in [4.69, 9.17) is 4.74 Å². The van der Waals surface area contributed by atoms with Crippen LogP contribution in [0.3, 0.4) is 0 Å². The fourth-order valence-corrected chi connectivity index (χ4v) is 2.05. The van der Waals surface area contributed by atoms with E-state index in [2.05, 4.69) is 15.7 Å². The molecule has 14 heavy (non-hydrogen) atoms. The van der Waals surface area contributed by atoms with Crippen LogP contribution >= 0.6 is 11.3 Å². The number of rotatable bonds is 6. The predicted octanol–water partition coefficient (Wildman–Crippen LogP) is 1.79. The molecule has 3 nitrogen and oxygen atoms in total. The van der Waals surface area contributed by atoms with Crippen LogP contribution in [0.1, 0.15) is 23.5 Å². The predicted molar refractivity (Wildman–Crippen MR) is 57.3 cm³/mol. The summed E-state index contributed by atoms with van der Waals surface area (Å²) in [7, 11) is 1.94. The van der Waals surface area contributed by atoms with E-state index in [0.29, 0.717) is 6.61 Å². The molecule has 1 aromatic heterocycles. The summed E-state index contributed by atoms with van der Waals surface area (Å²) >= 11 is 1.69. The third-order valence-corrected chi connectivity index (χ3v) is 3.13. The van der Waals surface area contributed by atoms with Crippen LogP contribution in [0.4, 0.5) is 0 Å². The summed E-state index contributed by atoms with van der Waals surface area (Å²) in [6.07, 6.45) is 2.70. The third kappa shape index (κ3) is 3.04. The molecule has 0 atom stereocenters. The van der Waals surface area contributed by atoms with Gasteiger partial charge in [0.15, 0.2) is 0 Å². The molecule has 1 aliphatic rings. The summed E-state index contributed by atoms with van der Waals surface area (Å²) in [4.78, 5) is 4.45. The van der Waals surface area contributed by atoms with Gasteiger partial charge in [-0.25, -0.2) is 4.98 Å². The zero-order chi connectivity index (χ0) is 9.80. The molecular formula is C10H16N2OS. The molecule has 1 N–H and O–H groups in total. The van der Waals surface area contributed by atoms with Gasteiger partial charge in [-0.05, 0) is 25.8 Å². The van der Waals surface area contributed by atoms with Crippen molar-refractivity contribution >= 4 is 11.3 Å². The molecule has 0 amide bonds. The Kier molecular flexibility index (Phi) is 3.50. The zero-order valence-electron chi connectivity index (χ0n) is 8.45. The standard InChI is InChI=1S/C10H16N2OS/c1-11-4-10-12-9(7-14-10)6-13-5-8-2-3-8/h7-8,11H,2-6H2,1H3. The molecule has 0 saturated heterocycles. The highest BCUT2D eigenvalue weighted by atomic mass is 32.1. The topological polar surface area (TPSA) is 34.2 Å². The summed E-state index contributed by atoms with van der Waals surface area (Å²) < 4.78 is 5.56. The molecule has 1 saturated carbocycles. The van der Waals surface area contributed by atoms with Crippen molar-refractivity contribution < 1.29 is 4.74 Å². The highest BCUT2D eigenvalue weighted by molar-refractivity contribution is 7.09. The van der Waals surface area contributed by atoms with E-state index in [0.717, 1.165) is 29.8 Å². The smallest absolute Gasteiger partial charge is 0.107 e. The largest absolute Gasteiger partial charge is 0.375 e. The van der Waals surface area contributed by atoms with Crippen LogP contribution in [0, 0.1) is 5.92 Å². The second-order valence-corrected chi connectivity index (χ2v) is 4.66. The van der Waals surface area contributed by atoms with E-state index in [1.807, 2.05) is 7.05 Å². The maximum absolute atomic E-state index is 5.56. The highest BCUT2D eigenvalue weighted by Gasteiger charge is 2.21. The van der Waals surface area contributed by atoms with Crippen molar-refractivity contribution in [2.45, 2.75) is 26.0 Å². The van der Waals surface area contributed by atoms with Crippen LogP contribution in [0.2, 0.25) is 0 Å². The lowest BCUT2D eigenvalue weighted by molar-refractivity contribution is 0.109. The zero-order valence-corrected chi connectivity index (χ0v) is 9.27. The Bertz CT molecular complexity index is 283. The lowest BCUT2D eigenvalue weighted by Gasteiger charge is -1.98. The third-order valence-electron chi connectivity index (χ3n) is 2.23. The van der Waals surface area contributed by atoms with Crippen LogP contribution in [0.5, 0.6) is 0 Å². The molecule has 0 bridgehead atoms. The molecule has 4 heteroatoms. The Balaban J connectivity index is 1.71. The van der Waals surface area contributed by atoms with Crippen molar-refractivity contribution in [3.05, 3.63) is 16.1 Å². The van der Waals surface area contributed by atoms with Crippen LogP contribution in [-0.4, -0.2) is 18.6 Å². The maximum Gasteiger partial charge on any atom is 0.107 e. The molecule has 1 heterocycles. The van der Waals surface area contributed by atoms with Gasteiger partial charge in [0.2, 0.25) is 0 Å². The SMILES string of the molecule is CNCc1nc(COCC2CC2)cs1. The maximum atomic E-state index is 5.56. The number of hydrogen-bond acceptors (Lipinski definition) is 4. The molecule has 0 spiro atoms. The first-order chi connectivity index (χ1) is 6.88. The number of nitrogens with one attached hydrogen (secondary N) is 1. The van der Waals surface area contributed by atoms with Crippen LogP contribution in [-0.2, 0) is 17.9 Å². The van der Waals surface area contributed by atoms with Crippen LogP contribution in [0.25, 0.3) is 0 Å². The van der Waals surface area contributed by atoms with E-state index in [9.17, 15) is 0 Å². The van der Waals surface area contributed by atoms with Crippen molar-refractivity contribution in [1.82, 2.24) is 10.3 Å². The van der Waals surface area contributed by atoms with Gasteiger partial charge < -0.3 is 10.1 Å². The molecule has 78 valence electrons. The van der Waals surface area contributed by atoms with Gasteiger partial charge in [-0.2, -0.15) is 0 Å². The molecule has 0 radical (unpaired) electrons. The van der Waals surface area contributed by atoms with Gasteiger partial charge in [-0.1, -0.05) is 0 Å². The second kappa shape index (κ2) is 4.87. The fraction of sp³-hybridized carbons (Fsp3) is 0.700. The van der Waals surface area contributed by atoms with Gasteiger partial charge in [-0.15, -0.1) is 11.3 Å². The molecule has 0 unspecified atom stereocenters. The Hall–Kier alpha value is -0.450. The van der Waals surface area contributed by atoms with E-state index in [1.165, 1.54) is 12.8 Å². The molecule has 1 fully saturated rings. The van der Waals surface area contributed by atoms with Gasteiger partial charge in [0.25, 0.3) is 0 Å². The van der Waals surface area contributed by atoms with E-state index >= 15 is 0 Å².